The first-order chi connectivity index (χ1) is 10.2. The molecule has 2 heterocycles. The van der Waals surface area contributed by atoms with Crippen molar-refractivity contribution in [1.82, 2.24) is 15.2 Å². The van der Waals surface area contributed by atoms with Crippen molar-refractivity contribution in [3.05, 3.63) is 36.0 Å². The number of aromatic nitrogens is 3. The Morgan fingerprint density at radius 3 is 2.81 bits per heavy atom. The fourth-order valence-electron chi connectivity index (χ4n) is 2.64. The van der Waals surface area contributed by atoms with Crippen molar-refractivity contribution in [2.75, 3.05) is 23.3 Å². The van der Waals surface area contributed by atoms with Crippen LogP contribution in [0.15, 0.2) is 30.5 Å². The number of anilines is 3. The lowest BCUT2D eigenvalue weighted by Gasteiger charge is -2.30. The summed E-state index contributed by atoms with van der Waals surface area (Å²) in [4.78, 5) is 6.81. The number of hydrogen-bond donors (Lipinski definition) is 1. The van der Waals surface area contributed by atoms with Crippen LogP contribution in [-0.4, -0.2) is 28.3 Å². The Hall–Kier alpha value is -2.17. The topological polar surface area (TPSA) is 53.9 Å². The summed E-state index contributed by atoms with van der Waals surface area (Å²) in [6, 6.07) is 8.23. The molecule has 0 radical (unpaired) electrons. The van der Waals surface area contributed by atoms with Crippen LogP contribution in [-0.2, 0) is 0 Å². The molecule has 1 aromatic heterocycles. The molecule has 0 saturated carbocycles. The summed E-state index contributed by atoms with van der Waals surface area (Å²) in [5.74, 6) is 2.15. The third-order valence-electron chi connectivity index (χ3n) is 3.81. The predicted molar refractivity (Wildman–Crippen MR) is 84.9 cm³/mol. The molecular weight excluding hydrogens is 262 g/mol. The lowest BCUT2D eigenvalue weighted by atomic mass is 10.0. The standard InChI is InChI=1S/C16H21N5/c1-12-5-7-14(8-6-12)18-15-10-17-20-16(19-15)21-9-3-4-13(2)11-21/h5-8,10,13H,3-4,9,11H2,1-2H3,(H,18,19,20). The second kappa shape index (κ2) is 6.08. The molecule has 0 aliphatic carbocycles. The summed E-state index contributed by atoms with van der Waals surface area (Å²) in [7, 11) is 0. The van der Waals surface area contributed by atoms with Crippen LogP contribution in [0.3, 0.4) is 0 Å². The molecule has 5 nitrogen and oxygen atoms in total. The lowest BCUT2D eigenvalue weighted by Crippen LogP contribution is -2.35. The molecule has 1 aliphatic rings. The van der Waals surface area contributed by atoms with Gasteiger partial charge >= 0.3 is 0 Å². The van der Waals surface area contributed by atoms with Crippen LogP contribution in [0.4, 0.5) is 17.5 Å². The zero-order valence-electron chi connectivity index (χ0n) is 12.6. The molecule has 1 N–H and O–H groups in total. The number of aryl methyl sites for hydroxylation is 1. The number of nitrogens with one attached hydrogen (secondary N) is 1. The SMILES string of the molecule is Cc1ccc(Nc2cnnc(N3CCCC(C)C3)n2)cc1. The van der Waals surface area contributed by atoms with Gasteiger partial charge in [0.15, 0.2) is 5.82 Å². The van der Waals surface area contributed by atoms with E-state index in [9.17, 15) is 0 Å². The highest BCUT2D eigenvalue weighted by atomic mass is 15.3. The largest absolute Gasteiger partial charge is 0.339 e. The molecule has 1 saturated heterocycles. The molecule has 0 amide bonds. The average Bonchev–Trinajstić information content (AvgIpc) is 2.50. The van der Waals surface area contributed by atoms with Gasteiger partial charge in [0, 0.05) is 18.8 Å². The first-order valence-electron chi connectivity index (χ1n) is 7.49. The summed E-state index contributed by atoms with van der Waals surface area (Å²) in [6.45, 7) is 6.37. The summed E-state index contributed by atoms with van der Waals surface area (Å²) in [6.07, 6.45) is 4.14. The van der Waals surface area contributed by atoms with Crippen LogP contribution in [0.2, 0.25) is 0 Å². The van der Waals surface area contributed by atoms with Gasteiger partial charge in [-0.05, 0) is 37.8 Å². The summed E-state index contributed by atoms with van der Waals surface area (Å²) in [5, 5.41) is 11.5. The fraction of sp³-hybridized carbons (Fsp3) is 0.438. The highest BCUT2D eigenvalue weighted by Gasteiger charge is 2.19. The van der Waals surface area contributed by atoms with E-state index < -0.39 is 0 Å². The number of rotatable bonds is 3. The summed E-state index contributed by atoms with van der Waals surface area (Å²) >= 11 is 0. The van der Waals surface area contributed by atoms with Crippen LogP contribution in [0.5, 0.6) is 0 Å². The quantitative estimate of drug-likeness (QED) is 0.937. The van der Waals surface area contributed by atoms with E-state index in [2.05, 4.69) is 51.4 Å². The van der Waals surface area contributed by atoms with E-state index in [0.717, 1.165) is 30.5 Å². The molecule has 1 atom stereocenters. The first-order valence-corrected chi connectivity index (χ1v) is 7.49. The Balaban J connectivity index is 1.75. The lowest BCUT2D eigenvalue weighted by molar-refractivity contribution is 0.441. The predicted octanol–water partition coefficient (Wildman–Crippen LogP) is 3.16. The van der Waals surface area contributed by atoms with Gasteiger partial charge in [0.05, 0.1) is 6.20 Å². The van der Waals surface area contributed by atoms with Gasteiger partial charge in [-0.25, -0.2) is 0 Å². The van der Waals surface area contributed by atoms with Gasteiger partial charge in [-0.1, -0.05) is 24.6 Å². The molecule has 1 aromatic carbocycles. The van der Waals surface area contributed by atoms with Crippen LogP contribution >= 0.6 is 0 Å². The van der Waals surface area contributed by atoms with Gasteiger partial charge in [-0.2, -0.15) is 10.1 Å². The van der Waals surface area contributed by atoms with Crippen LogP contribution < -0.4 is 10.2 Å². The van der Waals surface area contributed by atoms with E-state index in [0.29, 0.717) is 5.92 Å². The number of hydrogen-bond acceptors (Lipinski definition) is 5. The van der Waals surface area contributed by atoms with Crippen molar-refractivity contribution in [2.45, 2.75) is 26.7 Å². The fourth-order valence-corrected chi connectivity index (χ4v) is 2.64. The Kier molecular flexibility index (Phi) is 3.99. The van der Waals surface area contributed by atoms with Gasteiger partial charge < -0.3 is 10.2 Å². The maximum absolute atomic E-state index is 4.59. The zero-order valence-corrected chi connectivity index (χ0v) is 12.6. The van der Waals surface area contributed by atoms with Gasteiger partial charge in [0.25, 0.3) is 0 Å². The van der Waals surface area contributed by atoms with Crippen LogP contribution in [0.1, 0.15) is 25.3 Å². The van der Waals surface area contributed by atoms with Gasteiger partial charge in [-0.15, -0.1) is 5.10 Å². The smallest absolute Gasteiger partial charge is 0.247 e. The second-order valence-corrected chi connectivity index (χ2v) is 5.83. The van der Waals surface area contributed by atoms with E-state index in [1.807, 2.05) is 12.1 Å². The van der Waals surface area contributed by atoms with Crippen molar-refractivity contribution >= 4 is 17.5 Å². The Morgan fingerprint density at radius 1 is 1.24 bits per heavy atom. The molecular formula is C16H21N5. The van der Waals surface area contributed by atoms with Crippen molar-refractivity contribution in [3.8, 4) is 0 Å². The van der Waals surface area contributed by atoms with Crippen molar-refractivity contribution < 1.29 is 0 Å². The highest BCUT2D eigenvalue weighted by molar-refractivity contribution is 5.56. The van der Waals surface area contributed by atoms with E-state index >= 15 is 0 Å². The highest BCUT2D eigenvalue weighted by Crippen LogP contribution is 2.21. The number of nitrogens with zero attached hydrogens (tertiary/aromatic N) is 4. The number of benzene rings is 1. The molecule has 1 fully saturated rings. The number of piperidine rings is 1. The van der Waals surface area contributed by atoms with Gasteiger partial charge in [-0.3, -0.25) is 0 Å². The molecule has 110 valence electrons. The van der Waals surface area contributed by atoms with E-state index in [-0.39, 0.29) is 0 Å². The minimum absolute atomic E-state index is 0.691. The Morgan fingerprint density at radius 2 is 2.05 bits per heavy atom. The van der Waals surface area contributed by atoms with Gasteiger partial charge in [0.2, 0.25) is 5.95 Å². The van der Waals surface area contributed by atoms with E-state index in [1.165, 1.54) is 18.4 Å². The molecule has 0 spiro atoms. The summed E-state index contributed by atoms with van der Waals surface area (Å²) in [5.41, 5.74) is 2.25. The van der Waals surface area contributed by atoms with Crippen molar-refractivity contribution in [3.63, 3.8) is 0 Å². The molecule has 1 unspecified atom stereocenters. The Bertz CT molecular complexity index is 596. The molecule has 5 heteroatoms. The third-order valence-corrected chi connectivity index (χ3v) is 3.81. The van der Waals surface area contributed by atoms with Crippen molar-refractivity contribution in [2.24, 2.45) is 5.92 Å². The van der Waals surface area contributed by atoms with Crippen LogP contribution in [0.25, 0.3) is 0 Å². The molecule has 1 aliphatic heterocycles. The average molecular weight is 283 g/mol. The van der Waals surface area contributed by atoms with Crippen molar-refractivity contribution in [1.29, 1.82) is 0 Å². The normalized spacial score (nSPS) is 18.6. The molecule has 0 bridgehead atoms. The maximum Gasteiger partial charge on any atom is 0.247 e. The Labute approximate surface area is 125 Å². The first kappa shape index (κ1) is 13.8. The van der Waals surface area contributed by atoms with Gasteiger partial charge in [0.1, 0.15) is 0 Å². The second-order valence-electron chi connectivity index (χ2n) is 5.83. The van der Waals surface area contributed by atoms with E-state index in [4.69, 9.17) is 0 Å². The molecule has 21 heavy (non-hydrogen) atoms. The third kappa shape index (κ3) is 3.48. The minimum Gasteiger partial charge on any atom is -0.339 e. The maximum atomic E-state index is 4.59. The monoisotopic (exact) mass is 283 g/mol. The minimum atomic E-state index is 0.691. The van der Waals surface area contributed by atoms with Crippen LogP contribution in [0, 0.1) is 12.8 Å². The molecule has 2 aromatic rings. The molecule has 3 rings (SSSR count). The van der Waals surface area contributed by atoms with E-state index in [1.54, 1.807) is 6.20 Å². The zero-order chi connectivity index (χ0) is 14.7. The summed E-state index contributed by atoms with van der Waals surface area (Å²) < 4.78 is 0.